The third-order valence-corrected chi connectivity index (χ3v) is 4.76. The second-order valence-corrected chi connectivity index (χ2v) is 6.49. The summed E-state index contributed by atoms with van der Waals surface area (Å²) in [4.78, 5) is 4.55. The van der Waals surface area contributed by atoms with E-state index < -0.39 is 0 Å². The number of halogens is 2. The largest absolute Gasteiger partial charge is 0.324 e. The molecule has 1 aromatic carbocycles. The average Bonchev–Trinajstić information content (AvgIpc) is 3.33. The Morgan fingerprint density at radius 2 is 1.95 bits per heavy atom. The lowest BCUT2D eigenvalue weighted by atomic mass is 10.1. The molecule has 2 saturated carbocycles. The van der Waals surface area contributed by atoms with Crippen LogP contribution in [-0.2, 0) is 6.42 Å². The molecule has 2 aromatic rings. The summed E-state index contributed by atoms with van der Waals surface area (Å²) in [7, 11) is 0. The number of rotatable bonds is 5. The maximum atomic E-state index is 14.0. The topological polar surface area (TPSA) is 17.8 Å². The minimum Gasteiger partial charge on any atom is -0.324 e. The Balaban J connectivity index is 1.90. The third kappa shape index (κ3) is 2.03. The monoisotopic (exact) mass is 292 g/mol. The van der Waals surface area contributed by atoms with Crippen molar-refractivity contribution in [2.24, 2.45) is 11.8 Å². The molecular weight excluding hydrogens is 275 g/mol. The quantitative estimate of drug-likeness (QED) is 0.751. The molecule has 4 rings (SSSR count). The number of aromatic nitrogens is 2. The molecule has 106 valence electrons. The van der Waals surface area contributed by atoms with Gasteiger partial charge in [-0.1, -0.05) is 6.07 Å². The highest BCUT2D eigenvalue weighted by molar-refractivity contribution is 6.17. The molecular formula is C16H18ClFN2. The number of para-hydroxylation sites is 1. The number of hydrogen-bond donors (Lipinski definition) is 0. The molecule has 0 atom stereocenters. The molecule has 0 radical (unpaired) electrons. The van der Waals surface area contributed by atoms with Crippen LogP contribution in [0.2, 0.25) is 0 Å². The zero-order valence-electron chi connectivity index (χ0n) is 11.4. The molecule has 2 nitrogen and oxygen atoms in total. The molecule has 0 aliphatic heterocycles. The maximum absolute atomic E-state index is 14.0. The van der Waals surface area contributed by atoms with E-state index in [1.54, 1.807) is 6.07 Å². The summed E-state index contributed by atoms with van der Waals surface area (Å²) in [6.45, 7) is 0. The molecule has 1 heterocycles. The smallest absolute Gasteiger partial charge is 0.151 e. The van der Waals surface area contributed by atoms with Crippen molar-refractivity contribution < 1.29 is 4.39 Å². The van der Waals surface area contributed by atoms with E-state index in [2.05, 4.69) is 9.55 Å². The number of fused-ring (bicyclic) bond motifs is 1. The van der Waals surface area contributed by atoms with Crippen molar-refractivity contribution >= 4 is 22.6 Å². The van der Waals surface area contributed by atoms with Gasteiger partial charge in [-0.25, -0.2) is 9.37 Å². The van der Waals surface area contributed by atoms with E-state index in [1.165, 1.54) is 31.7 Å². The van der Waals surface area contributed by atoms with Crippen LogP contribution < -0.4 is 0 Å². The molecule has 2 aliphatic carbocycles. The second kappa shape index (κ2) is 4.73. The SMILES string of the molecule is Fc1cccc2c1nc(CCCl)n2C(C1CC1)C1CC1. The molecule has 2 fully saturated rings. The first kappa shape index (κ1) is 12.6. The first-order chi connectivity index (χ1) is 9.79. The van der Waals surface area contributed by atoms with E-state index in [1.807, 2.05) is 6.07 Å². The predicted molar refractivity (Wildman–Crippen MR) is 78.6 cm³/mol. The van der Waals surface area contributed by atoms with Gasteiger partial charge < -0.3 is 4.57 Å². The van der Waals surface area contributed by atoms with Gasteiger partial charge in [-0.05, 0) is 49.7 Å². The van der Waals surface area contributed by atoms with Crippen LogP contribution in [-0.4, -0.2) is 15.4 Å². The van der Waals surface area contributed by atoms with Crippen molar-refractivity contribution in [2.75, 3.05) is 5.88 Å². The number of benzene rings is 1. The van der Waals surface area contributed by atoms with E-state index in [0.717, 1.165) is 23.2 Å². The van der Waals surface area contributed by atoms with Gasteiger partial charge in [0.25, 0.3) is 0 Å². The van der Waals surface area contributed by atoms with Crippen molar-refractivity contribution in [2.45, 2.75) is 38.1 Å². The molecule has 0 unspecified atom stereocenters. The summed E-state index contributed by atoms with van der Waals surface area (Å²) in [6, 6.07) is 5.80. The number of imidazole rings is 1. The van der Waals surface area contributed by atoms with Crippen molar-refractivity contribution in [3.63, 3.8) is 0 Å². The van der Waals surface area contributed by atoms with Crippen molar-refractivity contribution in [1.82, 2.24) is 9.55 Å². The van der Waals surface area contributed by atoms with E-state index in [4.69, 9.17) is 11.6 Å². The van der Waals surface area contributed by atoms with Gasteiger partial charge in [0.05, 0.1) is 5.52 Å². The summed E-state index contributed by atoms with van der Waals surface area (Å²) in [6.07, 6.45) is 5.92. The molecule has 1 aromatic heterocycles. The number of nitrogens with zero attached hydrogens (tertiary/aromatic N) is 2. The van der Waals surface area contributed by atoms with Gasteiger partial charge >= 0.3 is 0 Å². The zero-order valence-corrected chi connectivity index (χ0v) is 12.1. The van der Waals surface area contributed by atoms with Gasteiger partial charge in [0.1, 0.15) is 11.3 Å². The minimum absolute atomic E-state index is 0.220. The van der Waals surface area contributed by atoms with Crippen LogP contribution in [0.3, 0.4) is 0 Å². The summed E-state index contributed by atoms with van der Waals surface area (Å²) in [5, 5.41) is 0. The van der Waals surface area contributed by atoms with Crippen LogP contribution >= 0.6 is 11.6 Å². The zero-order chi connectivity index (χ0) is 13.7. The summed E-state index contributed by atoms with van der Waals surface area (Å²) in [5.41, 5.74) is 1.47. The van der Waals surface area contributed by atoms with E-state index in [-0.39, 0.29) is 5.82 Å². The Hall–Kier alpha value is -1.09. The molecule has 20 heavy (non-hydrogen) atoms. The Morgan fingerprint density at radius 3 is 2.55 bits per heavy atom. The highest BCUT2D eigenvalue weighted by atomic mass is 35.5. The first-order valence-electron chi connectivity index (χ1n) is 7.51. The van der Waals surface area contributed by atoms with Gasteiger partial charge in [-0.15, -0.1) is 11.6 Å². The lowest BCUT2D eigenvalue weighted by Crippen LogP contribution is -2.16. The van der Waals surface area contributed by atoms with Crippen LogP contribution in [0.1, 0.15) is 37.5 Å². The van der Waals surface area contributed by atoms with Gasteiger partial charge in [-0.3, -0.25) is 0 Å². The predicted octanol–water partition coefficient (Wildman–Crippen LogP) is 4.32. The minimum atomic E-state index is -0.220. The summed E-state index contributed by atoms with van der Waals surface area (Å²) >= 11 is 5.92. The lowest BCUT2D eigenvalue weighted by molar-refractivity contribution is 0.393. The summed E-state index contributed by atoms with van der Waals surface area (Å²) < 4.78 is 16.3. The summed E-state index contributed by atoms with van der Waals surface area (Å²) in [5.74, 6) is 2.80. The molecule has 2 aliphatic rings. The van der Waals surface area contributed by atoms with Crippen LogP contribution in [0.4, 0.5) is 4.39 Å². The van der Waals surface area contributed by atoms with E-state index in [0.29, 0.717) is 23.9 Å². The van der Waals surface area contributed by atoms with Crippen LogP contribution in [0.15, 0.2) is 18.2 Å². The average molecular weight is 293 g/mol. The highest BCUT2D eigenvalue weighted by Gasteiger charge is 2.43. The number of alkyl halides is 1. The van der Waals surface area contributed by atoms with Crippen LogP contribution in [0.5, 0.6) is 0 Å². The number of aryl methyl sites for hydroxylation is 1. The third-order valence-electron chi connectivity index (χ3n) is 4.57. The van der Waals surface area contributed by atoms with Gasteiger partial charge in [-0.2, -0.15) is 0 Å². The van der Waals surface area contributed by atoms with Crippen LogP contribution in [0.25, 0.3) is 11.0 Å². The standard InChI is InChI=1S/C16H18ClFN2/c17-9-8-14-19-15-12(18)2-1-3-13(15)20(14)16(10-4-5-10)11-6-7-11/h1-3,10-11,16H,4-9H2. The van der Waals surface area contributed by atoms with E-state index in [9.17, 15) is 4.39 Å². The van der Waals surface area contributed by atoms with Crippen molar-refractivity contribution in [3.05, 3.63) is 29.8 Å². The Morgan fingerprint density at radius 1 is 1.25 bits per heavy atom. The van der Waals surface area contributed by atoms with Gasteiger partial charge in [0, 0.05) is 18.3 Å². The fourth-order valence-corrected chi connectivity index (χ4v) is 3.58. The molecule has 0 bridgehead atoms. The molecule has 0 N–H and O–H groups in total. The molecule has 0 saturated heterocycles. The maximum Gasteiger partial charge on any atom is 0.151 e. The lowest BCUT2D eigenvalue weighted by Gasteiger charge is -2.21. The van der Waals surface area contributed by atoms with Crippen molar-refractivity contribution in [3.8, 4) is 0 Å². The van der Waals surface area contributed by atoms with Gasteiger partial charge in [0.2, 0.25) is 0 Å². The normalized spacial score (nSPS) is 19.1. The Labute approximate surface area is 122 Å². The van der Waals surface area contributed by atoms with Gasteiger partial charge in [0.15, 0.2) is 5.82 Å². The van der Waals surface area contributed by atoms with E-state index >= 15 is 0 Å². The van der Waals surface area contributed by atoms with Crippen molar-refractivity contribution in [1.29, 1.82) is 0 Å². The molecule has 0 spiro atoms. The van der Waals surface area contributed by atoms with Crippen LogP contribution in [0, 0.1) is 17.7 Å². The molecule has 4 heteroatoms. The fourth-order valence-electron chi connectivity index (χ4n) is 3.41. The molecule has 0 amide bonds. The Bertz CT molecular complexity index is 631. The number of hydrogen-bond acceptors (Lipinski definition) is 1. The Kier molecular flexibility index (Phi) is 2.99. The highest BCUT2D eigenvalue weighted by Crippen LogP contribution is 2.53. The first-order valence-corrected chi connectivity index (χ1v) is 8.04. The second-order valence-electron chi connectivity index (χ2n) is 6.11. The fraction of sp³-hybridized carbons (Fsp3) is 0.562.